The number of nitrogens with zero attached hydrogens (tertiary/aromatic N) is 2. The summed E-state index contributed by atoms with van der Waals surface area (Å²) in [6.45, 7) is 8.14. The van der Waals surface area contributed by atoms with E-state index in [-0.39, 0.29) is 36.0 Å². The van der Waals surface area contributed by atoms with Gasteiger partial charge in [0.15, 0.2) is 9.84 Å². The number of aryl methyl sites for hydroxylation is 1. The molecule has 1 aliphatic rings. The van der Waals surface area contributed by atoms with Crippen molar-refractivity contribution >= 4 is 32.9 Å². The topological polar surface area (TPSA) is 133 Å². The number of fused-ring (bicyclic) bond motifs is 1. The monoisotopic (exact) mass is 536 g/mol. The molecule has 1 fully saturated rings. The smallest absolute Gasteiger partial charge is 0.228 e. The van der Waals surface area contributed by atoms with Gasteiger partial charge in [0.1, 0.15) is 16.7 Å². The number of carbonyl (C=O) groups is 1. The summed E-state index contributed by atoms with van der Waals surface area (Å²) in [4.78, 5) is 21.5. The Bertz CT molecular complexity index is 1520. The molecule has 0 radical (unpaired) electrons. The summed E-state index contributed by atoms with van der Waals surface area (Å²) in [5.74, 6) is 0.851. The second kappa shape index (κ2) is 10.9. The molecule has 0 spiro atoms. The van der Waals surface area contributed by atoms with E-state index in [9.17, 15) is 13.2 Å². The van der Waals surface area contributed by atoms with Gasteiger partial charge in [-0.1, -0.05) is 12.1 Å². The van der Waals surface area contributed by atoms with Crippen molar-refractivity contribution in [2.45, 2.75) is 49.8 Å². The average molecular weight is 537 g/mol. The van der Waals surface area contributed by atoms with Crippen LogP contribution in [0.25, 0.3) is 10.9 Å². The molecule has 0 saturated carbocycles. The second-order valence-electron chi connectivity index (χ2n) is 10.2. The molecule has 0 unspecified atom stereocenters. The number of pyridine rings is 1. The molecular weight excluding hydrogens is 504 g/mol. The minimum atomic E-state index is -3.50. The normalized spacial score (nSPS) is 15.0. The number of nitrogens with one attached hydrogen (secondary N) is 1. The third-order valence-electron chi connectivity index (χ3n) is 5.93. The van der Waals surface area contributed by atoms with Gasteiger partial charge in [-0.15, -0.1) is 0 Å². The number of ether oxygens (including phenoxy) is 2. The van der Waals surface area contributed by atoms with Crippen molar-refractivity contribution < 1.29 is 22.7 Å². The van der Waals surface area contributed by atoms with Gasteiger partial charge in [0.25, 0.3) is 0 Å². The molecule has 1 aromatic heterocycles. The fourth-order valence-corrected chi connectivity index (χ4v) is 5.25. The number of rotatable bonds is 8. The molecule has 1 amide bonds. The maximum atomic E-state index is 12.9. The highest BCUT2D eigenvalue weighted by Crippen LogP contribution is 2.33. The predicted octanol–water partition coefficient (Wildman–Crippen LogP) is 3.84. The number of carbonyl (C=O) groups excluding carboxylic acids is 1. The van der Waals surface area contributed by atoms with Gasteiger partial charge in [0.2, 0.25) is 5.91 Å². The number of benzene rings is 2. The first-order valence-corrected chi connectivity index (χ1v) is 13.8. The third kappa shape index (κ3) is 6.38. The fraction of sp³-hybridized carbons (Fsp3) is 0.321. The van der Waals surface area contributed by atoms with Crippen LogP contribution in [0.4, 0.5) is 0 Å². The minimum Gasteiger partial charge on any atom is -0.456 e. The minimum absolute atomic E-state index is 0.145. The summed E-state index contributed by atoms with van der Waals surface area (Å²) in [5.41, 5.74) is 8.01. The Labute approximate surface area is 222 Å². The van der Waals surface area contributed by atoms with Gasteiger partial charge in [-0.3, -0.25) is 14.8 Å². The molecule has 1 aliphatic heterocycles. The van der Waals surface area contributed by atoms with Crippen molar-refractivity contribution in [1.82, 2.24) is 10.3 Å². The Kier molecular flexibility index (Phi) is 7.84. The van der Waals surface area contributed by atoms with Crippen LogP contribution in [0.1, 0.15) is 31.9 Å². The molecule has 2 aromatic carbocycles. The first-order chi connectivity index (χ1) is 18.0. The lowest BCUT2D eigenvalue weighted by Gasteiger charge is -2.25. The molecule has 0 atom stereocenters. The lowest BCUT2D eigenvalue weighted by atomic mass is 10.1. The van der Waals surface area contributed by atoms with Crippen LogP contribution in [0.3, 0.4) is 0 Å². The molecule has 200 valence electrons. The molecular formula is C28H32N4O5S. The Morgan fingerprint density at radius 1 is 1.18 bits per heavy atom. The highest BCUT2D eigenvalue weighted by molar-refractivity contribution is 7.92. The summed E-state index contributed by atoms with van der Waals surface area (Å²) in [6.07, 6.45) is 4.62. The molecule has 4 rings (SSSR count). The Morgan fingerprint density at radius 2 is 1.95 bits per heavy atom. The highest BCUT2D eigenvalue weighted by Gasteiger charge is 2.34. The van der Waals surface area contributed by atoms with Crippen LogP contribution in [-0.4, -0.2) is 49.5 Å². The van der Waals surface area contributed by atoms with Gasteiger partial charge in [-0.05, 0) is 69.2 Å². The van der Waals surface area contributed by atoms with Crippen molar-refractivity contribution in [3.63, 3.8) is 0 Å². The Hall–Kier alpha value is -3.76. The number of hydrogen-bond acceptors (Lipinski definition) is 8. The summed E-state index contributed by atoms with van der Waals surface area (Å²) >= 11 is 0. The van der Waals surface area contributed by atoms with Gasteiger partial charge in [0, 0.05) is 24.0 Å². The number of hydrogen-bond donors (Lipinski definition) is 2. The molecule has 3 N–H and O–H groups in total. The van der Waals surface area contributed by atoms with Gasteiger partial charge in [-0.25, -0.2) is 8.42 Å². The number of sulfone groups is 1. The zero-order valence-electron chi connectivity index (χ0n) is 21.9. The predicted molar refractivity (Wildman–Crippen MR) is 147 cm³/mol. The first-order valence-electron chi connectivity index (χ1n) is 12.2. The molecule has 3 aromatic rings. The van der Waals surface area contributed by atoms with Gasteiger partial charge in [0.05, 0.1) is 41.3 Å². The van der Waals surface area contributed by atoms with E-state index in [0.717, 1.165) is 11.1 Å². The summed E-state index contributed by atoms with van der Waals surface area (Å²) in [5, 5.41) is 2.83. The van der Waals surface area contributed by atoms with Crippen LogP contribution < -0.4 is 15.8 Å². The quantitative estimate of drug-likeness (QED) is 0.418. The summed E-state index contributed by atoms with van der Waals surface area (Å²) in [6, 6.07) is 12.0. The number of allylic oxidation sites excluding steroid dienone is 1. The van der Waals surface area contributed by atoms with E-state index in [1.807, 2.05) is 39.8 Å². The molecule has 10 heteroatoms. The van der Waals surface area contributed by atoms with E-state index in [0.29, 0.717) is 28.1 Å². The van der Waals surface area contributed by atoms with Crippen molar-refractivity contribution in [2.75, 3.05) is 13.2 Å². The van der Waals surface area contributed by atoms with Gasteiger partial charge >= 0.3 is 0 Å². The Balaban J connectivity index is 1.51. The zero-order chi connectivity index (χ0) is 27.5. The summed E-state index contributed by atoms with van der Waals surface area (Å²) in [7, 11) is -3.50. The van der Waals surface area contributed by atoms with Crippen LogP contribution in [0.15, 0.2) is 70.4 Å². The van der Waals surface area contributed by atoms with E-state index in [4.69, 9.17) is 15.2 Å². The molecule has 2 heterocycles. The maximum Gasteiger partial charge on any atom is 0.228 e. The largest absolute Gasteiger partial charge is 0.456 e. The van der Waals surface area contributed by atoms with Crippen LogP contribution in [0.5, 0.6) is 11.5 Å². The molecule has 38 heavy (non-hydrogen) atoms. The standard InChI is InChI=1S/C28H32N4O5S/c1-18-11-19(12-27(33)32-20(14-29)15-31-28(2,3)4)5-8-25(18)37-26-9-10-30-24-7-6-21(13-23(24)26)38(34,35)22-16-36-17-22/h5-11,13-15,22H,12,16-17,29H2,1-4H3,(H,32,33)/b20-14+,31-15?. The van der Waals surface area contributed by atoms with E-state index in [1.165, 1.54) is 6.20 Å². The molecule has 9 nitrogen and oxygen atoms in total. The SMILES string of the molecule is Cc1cc(CC(=O)N/C(C=NC(C)(C)C)=C/N)ccc1Oc1ccnc2ccc(S(=O)(=O)C3COC3)cc12. The van der Waals surface area contributed by atoms with Crippen LogP contribution in [0.2, 0.25) is 0 Å². The van der Waals surface area contributed by atoms with Crippen molar-refractivity contribution in [3.05, 3.63) is 71.7 Å². The van der Waals surface area contributed by atoms with E-state index in [2.05, 4.69) is 15.3 Å². The first kappa shape index (κ1) is 27.3. The van der Waals surface area contributed by atoms with Gasteiger partial charge in [-0.2, -0.15) is 0 Å². The third-order valence-corrected chi connectivity index (χ3v) is 7.99. The molecule has 0 bridgehead atoms. The van der Waals surface area contributed by atoms with Gasteiger partial charge < -0.3 is 20.5 Å². The zero-order valence-corrected chi connectivity index (χ0v) is 22.7. The lowest BCUT2D eigenvalue weighted by molar-refractivity contribution is -0.119. The second-order valence-corrected chi connectivity index (χ2v) is 12.4. The van der Waals surface area contributed by atoms with Crippen LogP contribution in [0, 0.1) is 6.92 Å². The molecule has 1 saturated heterocycles. The highest BCUT2D eigenvalue weighted by atomic mass is 32.2. The number of aromatic nitrogens is 1. The van der Waals surface area contributed by atoms with Crippen LogP contribution >= 0.6 is 0 Å². The lowest BCUT2D eigenvalue weighted by Crippen LogP contribution is -2.40. The van der Waals surface area contributed by atoms with Crippen LogP contribution in [-0.2, 0) is 25.8 Å². The fourth-order valence-electron chi connectivity index (χ4n) is 3.78. The van der Waals surface area contributed by atoms with Crippen molar-refractivity contribution in [3.8, 4) is 11.5 Å². The number of amides is 1. The average Bonchev–Trinajstić information content (AvgIpc) is 2.81. The van der Waals surface area contributed by atoms with E-state index < -0.39 is 15.1 Å². The van der Waals surface area contributed by atoms with Crippen molar-refractivity contribution in [1.29, 1.82) is 0 Å². The Morgan fingerprint density at radius 3 is 2.58 bits per heavy atom. The number of nitrogens with two attached hydrogens (primary N) is 1. The van der Waals surface area contributed by atoms with E-state index in [1.54, 1.807) is 42.7 Å². The van der Waals surface area contributed by atoms with Crippen molar-refractivity contribution in [2.24, 2.45) is 10.7 Å². The number of aliphatic imine (C=N–C) groups is 1. The maximum absolute atomic E-state index is 12.9. The molecule has 0 aliphatic carbocycles. The van der Waals surface area contributed by atoms with E-state index >= 15 is 0 Å². The summed E-state index contributed by atoms with van der Waals surface area (Å²) < 4.78 is 37.0.